The molecule has 3 nitrogen and oxygen atoms in total. The molecule has 0 heterocycles. The van der Waals surface area contributed by atoms with E-state index in [0.29, 0.717) is 0 Å². The number of nitrogens with one attached hydrogen (secondary N) is 1. The fourth-order valence-electron chi connectivity index (χ4n) is 0.827. The number of sulfonamides is 1. The van der Waals surface area contributed by atoms with E-state index in [1.807, 2.05) is 0 Å². The van der Waals surface area contributed by atoms with Crippen LogP contribution in [0.3, 0.4) is 0 Å². The van der Waals surface area contributed by atoms with Gasteiger partial charge in [0.25, 0.3) is 0 Å². The second-order valence-electron chi connectivity index (χ2n) is 2.81. The maximum Gasteiger partial charge on any atom is 0.516 e. The number of alkyl halides is 3. The minimum Gasteiger partial charge on any atom is -0.276 e. The van der Waals surface area contributed by atoms with Crippen molar-refractivity contribution in [3.05, 3.63) is 27.2 Å². The molecule has 0 bridgehead atoms. The molecule has 0 amide bonds. The summed E-state index contributed by atoms with van der Waals surface area (Å²) in [5.74, 6) is 0. The van der Waals surface area contributed by atoms with Crippen LogP contribution in [0, 0.1) is 0 Å². The van der Waals surface area contributed by atoms with E-state index in [4.69, 9.17) is 34.8 Å². The van der Waals surface area contributed by atoms with Gasteiger partial charge in [0, 0.05) is 0 Å². The third-order valence-electron chi connectivity index (χ3n) is 1.54. The predicted octanol–water partition coefficient (Wildman–Crippen LogP) is 3.91. The van der Waals surface area contributed by atoms with Crippen LogP contribution in [-0.2, 0) is 10.0 Å². The third-order valence-corrected chi connectivity index (χ3v) is 3.85. The Balaban J connectivity index is 3.14. The minimum absolute atomic E-state index is 0.0803. The average molecular weight is 329 g/mol. The standard InChI is InChI=1S/C7H3Cl3F3NO2S/c8-4-1-3(2-5(9)6(4)10)14-17(15,16)7(11,12)13/h1-2,14H. The van der Waals surface area contributed by atoms with Crippen LogP contribution >= 0.6 is 34.8 Å². The van der Waals surface area contributed by atoms with E-state index >= 15 is 0 Å². The molecular formula is C7H3Cl3F3NO2S. The first-order valence-electron chi connectivity index (χ1n) is 3.78. The Morgan fingerprint density at radius 1 is 1.06 bits per heavy atom. The number of hydrogen-bond donors (Lipinski definition) is 1. The monoisotopic (exact) mass is 327 g/mol. The van der Waals surface area contributed by atoms with Crippen LogP contribution < -0.4 is 4.72 Å². The van der Waals surface area contributed by atoms with E-state index in [-0.39, 0.29) is 15.1 Å². The molecule has 0 radical (unpaired) electrons. The predicted molar refractivity (Wildman–Crippen MR) is 60.1 cm³/mol. The van der Waals surface area contributed by atoms with Crippen molar-refractivity contribution in [2.45, 2.75) is 5.51 Å². The van der Waals surface area contributed by atoms with Crippen molar-refractivity contribution < 1.29 is 21.6 Å². The van der Waals surface area contributed by atoms with Gasteiger partial charge in [-0.2, -0.15) is 21.6 Å². The number of anilines is 1. The summed E-state index contributed by atoms with van der Waals surface area (Å²) >= 11 is 16.6. The maximum atomic E-state index is 12.1. The smallest absolute Gasteiger partial charge is 0.276 e. The quantitative estimate of drug-likeness (QED) is 0.837. The van der Waals surface area contributed by atoms with Crippen molar-refractivity contribution in [2.24, 2.45) is 0 Å². The van der Waals surface area contributed by atoms with Crippen LogP contribution in [0.5, 0.6) is 0 Å². The van der Waals surface area contributed by atoms with Crippen molar-refractivity contribution >= 4 is 50.5 Å². The summed E-state index contributed by atoms with van der Waals surface area (Å²) in [7, 11) is -5.51. The summed E-state index contributed by atoms with van der Waals surface area (Å²) in [6.45, 7) is 0. The van der Waals surface area contributed by atoms with Crippen LogP contribution in [-0.4, -0.2) is 13.9 Å². The van der Waals surface area contributed by atoms with Gasteiger partial charge >= 0.3 is 15.5 Å². The molecule has 0 aliphatic carbocycles. The van der Waals surface area contributed by atoms with Gasteiger partial charge < -0.3 is 0 Å². The van der Waals surface area contributed by atoms with Crippen molar-refractivity contribution in [2.75, 3.05) is 4.72 Å². The zero-order valence-electron chi connectivity index (χ0n) is 7.65. The highest BCUT2D eigenvalue weighted by atomic mass is 35.5. The second-order valence-corrected chi connectivity index (χ2v) is 5.67. The summed E-state index contributed by atoms with van der Waals surface area (Å²) in [6, 6.07) is 1.83. The highest BCUT2D eigenvalue weighted by molar-refractivity contribution is 7.93. The van der Waals surface area contributed by atoms with E-state index in [2.05, 4.69) is 0 Å². The van der Waals surface area contributed by atoms with Gasteiger partial charge in [-0.05, 0) is 12.1 Å². The van der Waals surface area contributed by atoms with Crippen LogP contribution in [0.15, 0.2) is 12.1 Å². The van der Waals surface area contributed by atoms with E-state index in [0.717, 1.165) is 12.1 Å². The first kappa shape index (κ1) is 14.7. The molecule has 0 fully saturated rings. The molecule has 1 rings (SSSR count). The fourth-order valence-corrected chi connectivity index (χ4v) is 1.97. The fraction of sp³-hybridized carbons (Fsp3) is 0.143. The Hall–Kier alpha value is -0.370. The molecule has 0 unspecified atom stereocenters. The summed E-state index contributed by atoms with van der Waals surface area (Å²) in [6.07, 6.45) is 0. The third kappa shape index (κ3) is 3.31. The Morgan fingerprint density at radius 2 is 1.47 bits per heavy atom. The molecule has 0 saturated carbocycles. The molecule has 0 aromatic heterocycles. The van der Waals surface area contributed by atoms with Crippen LogP contribution in [0.25, 0.3) is 0 Å². The van der Waals surface area contributed by atoms with Gasteiger partial charge in [-0.1, -0.05) is 34.8 Å². The van der Waals surface area contributed by atoms with Crippen molar-refractivity contribution in [1.82, 2.24) is 0 Å². The Labute approximate surface area is 110 Å². The molecule has 1 N–H and O–H groups in total. The minimum atomic E-state index is -5.51. The van der Waals surface area contributed by atoms with Gasteiger partial charge in [0.2, 0.25) is 0 Å². The first-order chi connectivity index (χ1) is 7.54. The first-order valence-corrected chi connectivity index (χ1v) is 6.40. The number of benzene rings is 1. The van der Waals surface area contributed by atoms with Crippen molar-refractivity contribution in [1.29, 1.82) is 0 Å². The van der Waals surface area contributed by atoms with Crippen LogP contribution in [0.1, 0.15) is 0 Å². The van der Waals surface area contributed by atoms with E-state index in [1.54, 1.807) is 0 Å². The van der Waals surface area contributed by atoms with Crippen molar-refractivity contribution in [3.63, 3.8) is 0 Å². The number of halogens is 6. The van der Waals surface area contributed by atoms with Gasteiger partial charge in [0.1, 0.15) is 0 Å². The molecular weight excluding hydrogens is 326 g/mol. The molecule has 0 spiro atoms. The molecule has 1 aromatic rings. The molecule has 0 aliphatic heterocycles. The normalized spacial score (nSPS) is 12.6. The van der Waals surface area contributed by atoms with Crippen LogP contribution in [0.4, 0.5) is 18.9 Å². The van der Waals surface area contributed by atoms with E-state index < -0.39 is 21.2 Å². The zero-order chi connectivity index (χ0) is 13.4. The second kappa shape index (κ2) is 4.72. The molecule has 1 aromatic carbocycles. The summed E-state index contributed by atoms with van der Waals surface area (Å²) in [5.41, 5.74) is -5.85. The molecule has 17 heavy (non-hydrogen) atoms. The van der Waals surface area contributed by atoms with Gasteiger partial charge in [0.15, 0.2) is 0 Å². The average Bonchev–Trinajstić information content (AvgIpc) is 2.11. The van der Waals surface area contributed by atoms with Gasteiger partial charge in [-0.15, -0.1) is 0 Å². The van der Waals surface area contributed by atoms with E-state index in [1.165, 1.54) is 4.72 Å². The molecule has 0 saturated heterocycles. The summed E-state index contributed by atoms with van der Waals surface area (Å²) < 4.78 is 59.0. The molecule has 0 atom stereocenters. The lowest BCUT2D eigenvalue weighted by Gasteiger charge is -2.11. The lowest BCUT2D eigenvalue weighted by atomic mass is 10.3. The molecule has 96 valence electrons. The summed E-state index contributed by atoms with van der Waals surface area (Å²) in [4.78, 5) is 0. The number of hydrogen-bond acceptors (Lipinski definition) is 2. The van der Waals surface area contributed by atoms with Gasteiger partial charge in [-0.25, -0.2) is 0 Å². The largest absolute Gasteiger partial charge is 0.516 e. The van der Waals surface area contributed by atoms with Gasteiger partial charge in [-0.3, -0.25) is 4.72 Å². The Morgan fingerprint density at radius 3 is 1.82 bits per heavy atom. The van der Waals surface area contributed by atoms with Gasteiger partial charge in [0.05, 0.1) is 20.8 Å². The highest BCUT2D eigenvalue weighted by Crippen LogP contribution is 2.34. The molecule has 0 aliphatic rings. The maximum absolute atomic E-state index is 12.1. The molecule has 10 heteroatoms. The Kier molecular flexibility index (Phi) is 4.08. The topological polar surface area (TPSA) is 46.2 Å². The lowest BCUT2D eigenvalue weighted by molar-refractivity contribution is -0.0429. The number of rotatable bonds is 2. The summed E-state index contributed by atoms with van der Waals surface area (Å²) in [5, 5.41) is -0.415. The van der Waals surface area contributed by atoms with Crippen molar-refractivity contribution in [3.8, 4) is 0 Å². The SMILES string of the molecule is O=S(=O)(Nc1cc(Cl)c(Cl)c(Cl)c1)C(F)(F)F. The zero-order valence-corrected chi connectivity index (χ0v) is 10.7. The lowest BCUT2D eigenvalue weighted by Crippen LogP contribution is -2.29. The van der Waals surface area contributed by atoms with Crippen LogP contribution in [0.2, 0.25) is 15.1 Å². The van der Waals surface area contributed by atoms with E-state index in [9.17, 15) is 21.6 Å². The highest BCUT2D eigenvalue weighted by Gasteiger charge is 2.46. The Bertz CT molecular complexity index is 521.